The Hall–Kier alpha value is -1.08. The molecule has 1 aromatic rings. The highest BCUT2D eigenvalue weighted by atomic mass is 16.3. The molecule has 0 radical (unpaired) electrons. The van der Waals surface area contributed by atoms with E-state index >= 15 is 0 Å². The van der Waals surface area contributed by atoms with Crippen LogP contribution < -0.4 is 0 Å². The summed E-state index contributed by atoms with van der Waals surface area (Å²) in [6.07, 6.45) is 2.60. The second kappa shape index (κ2) is 4.83. The molecule has 13 heavy (non-hydrogen) atoms. The van der Waals surface area contributed by atoms with Crippen LogP contribution in [0.4, 0.5) is 0 Å². The lowest BCUT2D eigenvalue weighted by atomic mass is 10.1. The smallest absolute Gasteiger partial charge is 0.0549 e. The summed E-state index contributed by atoms with van der Waals surface area (Å²) in [6.45, 7) is 3.85. The topological polar surface area (TPSA) is 20.2 Å². The summed E-state index contributed by atoms with van der Waals surface area (Å²) in [7, 11) is 0. The lowest BCUT2D eigenvalue weighted by Gasteiger charge is -2.03. The highest BCUT2D eigenvalue weighted by molar-refractivity contribution is 5.51. The Bertz CT molecular complexity index is 272. The highest BCUT2D eigenvalue weighted by Gasteiger charge is 1.96. The van der Waals surface area contributed by atoms with Crippen LogP contribution in [0.15, 0.2) is 35.9 Å². The van der Waals surface area contributed by atoms with Gasteiger partial charge in [0.05, 0.1) is 6.10 Å². The minimum absolute atomic E-state index is 0.250. The van der Waals surface area contributed by atoms with Gasteiger partial charge in [-0.3, -0.25) is 0 Å². The van der Waals surface area contributed by atoms with Crippen molar-refractivity contribution in [2.45, 2.75) is 26.4 Å². The first kappa shape index (κ1) is 10.0. The second-order valence-electron chi connectivity index (χ2n) is 3.45. The first-order valence-corrected chi connectivity index (χ1v) is 4.59. The summed E-state index contributed by atoms with van der Waals surface area (Å²) >= 11 is 0. The predicted molar refractivity (Wildman–Crippen MR) is 56.4 cm³/mol. The molecule has 1 nitrogen and oxygen atoms in total. The van der Waals surface area contributed by atoms with Crippen molar-refractivity contribution in [3.05, 3.63) is 41.5 Å². The Morgan fingerprint density at radius 1 is 1.38 bits per heavy atom. The maximum Gasteiger partial charge on any atom is 0.0549 e. The van der Waals surface area contributed by atoms with E-state index in [0.717, 1.165) is 6.42 Å². The molecule has 1 unspecified atom stereocenters. The van der Waals surface area contributed by atoms with E-state index in [0.29, 0.717) is 0 Å². The fraction of sp³-hybridized carbons (Fsp3) is 0.333. The zero-order valence-corrected chi connectivity index (χ0v) is 8.20. The number of benzene rings is 1. The van der Waals surface area contributed by atoms with Crippen LogP contribution in [-0.2, 0) is 0 Å². The number of hydrogen-bond donors (Lipinski definition) is 1. The van der Waals surface area contributed by atoms with E-state index in [4.69, 9.17) is 5.11 Å². The molecule has 0 amide bonds. The molecule has 0 aliphatic carbocycles. The molecule has 1 rings (SSSR count). The van der Waals surface area contributed by atoms with E-state index in [1.54, 1.807) is 0 Å². The van der Waals surface area contributed by atoms with Crippen LogP contribution in [0.3, 0.4) is 0 Å². The van der Waals surface area contributed by atoms with Crippen LogP contribution in [0.2, 0.25) is 0 Å². The van der Waals surface area contributed by atoms with Crippen molar-refractivity contribution in [1.82, 2.24) is 0 Å². The van der Waals surface area contributed by atoms with Gasteiger partial charge in [-0.2, -0.15) is 0 Å². The van der Waals surface area contributed by atoms with E-state index in [9.17, 15) is 0 Å². The first-order chi connectivity index (χ1) is 6.18. The molecule has 0 saturated heterocycles. The summed E-state index contributed by atoms with van der Waals surface area (Å²) in [5.41, 5.74) is 2.40. The van der Waals surface area contributed by atoms with Crippen LogP contribution in [-0.4, -0.2) is 11.2 Å². The second-order valence-corrected chi connectivity index (χ2v) is 3.45. The molecule has 0 bridgehead atoms. The van der Waals surface area contributed by atoms with Gasteiger partial charge in [0, 0.05) is 0 Å². The van der Waals surface area contributed by atoms with Crippen LogP contribution >= 0.6 is 0 Å². The monoisotopic (exact) mass is 176 g/mol. The van der Waals surface area contributed by atoms with Gasteiger partial charge in [-0.25, -0.2) is 0 Å². The molecule has 0 saturated carbocycles. The third-order valence-electron chi connectivity index (χ3n) is 1.83. The zero-order chi connectivity index (χ0) is 9.68. The molecule has 1 heteroatoms. The molecule has 0 fully saturated rings. The van der Waals surface area contributed by atoms with Crippen LogP contribution in [0.1, 0.15) is 25.8 Å². The van der Waals surface area contributed by atoms with E-state index in [2.05, 4.69) is 18.2 Å². The van der Waals surface area contributed by atoms with Crippen molar-refractivity contribution in [3.8, 4) is 0 Å². The van der Waals surface area contributed by atoms with Gasteiger partial charge in [0.2, 0.25) is 0 Å². The summed E-state index contributed by atoms with van der Waals surface area (Å²) in [5, 5.41) is 9.16. The van der Waals surface area contributed by atoms with Crippen molar-refractivity contribution in [3.63, 3.8) is 0 Å². The van der Waals surface area contributed by atoms with Crippen molar-refractivity contribution in [2.75, 3.05) is 0 Å². The third kappa shape index (κ3) is 3.90. The normalized spacial score (nSPS) is 14.2. The predicted octanol–water partition coefficient (Wildman–Crippen LogP) is 2.86. The van der Waals surface area contributed by atoms with Crippen LogP contribution in [0, 0.1) is 0 Å². The van der Waals surface area contributed by atoms with Crippen LogP contribution in [0.5, 0.6) is 0 Å². The van der Waals surface area contributed by atoms with Gasteiger partial charge < -0.3 is 5.11 Å². The van der Waals surface area contributed by atoms with Gasteiger partial charge in [-0.1, -0.05) is 42.0 Å². The lowest BCUT2D eigenvalue weighted by Crippen LogP contribution is -1.99. The van der Waals surface area contributed by atoms with E-state index in [-0.39, 0.29) is 6.10 Å². The summed E-state index contributed by atoms with van der Waals surface area (Å²) in [6, 6.07) is 10.2. The van der Waals surface area contributed by atoms with E-state index < -0.39 is 0 Å². The largest absolute Gasteiger partial charge is 0.393 e. The molecule has 1 atom stereocenters. The Kier molecular flexibility index (Phi) is 3.71. The SMILES string of the molecule is CC(=Cc1ccccc1)CC(C)O. The fourth-order valence-corrected chi connectivity index (χ4v) is 1.36. The number of aliphatic hydroxyl groups excluding tert-OH is 1. The van der Waals surface area contributed by atoms with Crippen LogP contribution in [0.25, 0.3) is 6.08 Å². The van der Waals surface area contributed by atoms with Gasteiger partial charge >= 0.3 is 0 Å². The standard InChI is InChI=1S/C12H16O/c1-10(8-11(2)13)9-12-6-4-3-5-7-12/h3-7,9,11,13H,8H2,1-2H3. The minimum atomic E-state index is -0.250. The van der Waals surface area contributed by atoms with Gasteiger partial charge in [0.15, 0.2) is 0 Å². The van der Waals surface area contributed by atoms with E-state index in [1.165, 1.54) is 11.1 Å². The Labute approximate surface area is 79.7 Å². The molecule has 0 aromatic heterocycles. The van der Waals surface area contributed by atoms with E-state index in [1.807, 2.05) is 32.0 Å². The summed E-state index contributed by atoms with van der Waals surface area (Å²) in [4.78, 5) is 0. The molecule has 70 valence electrons. The Morgan fingerprint density at radius 2 is 2.00 bits per heavy atom. The van der Waals surface area contributed by atoms with Crippen molar-refractivity contribution < 1.29 is 5.11 Å². The highest BCUT2D eigenvalue weighted by Crippen LogP contribution is 2.10. The average molecular weight is 176 g/mol. The summed E-state index contributed by atoms with van der Waals surface area (Å²) in [5.74, 6) is 0. The molecule has 0 spiro atoms. The third-order valence-corrected chi connectivity index (χ3v) is 1.83. The van der Waals surface area contributed by atoms with Gasteiger partial charge in [0.25, 0.3) is 0 Å². The molecule has 1 aromatic carbocycles. The molecule has 1 N–H and O–H groups in total. The van der Waals surface area contributed by atoms with Crippen molar-refractivity contribution in [2.24, 2.45) is 0 Å². The maximum atomic E-state index is 9.16. The molecule has 0 aliphatic heterocycles. The first-order valence-electron chi connectivity index (χ1n) is 4.59. The maximum absolute atomic E-state index is 9.16. The minimum Gasteiger partial charge on any atom is -0.393 e. The van der Waals surface area contributed by atoms with Gasteiger partial charge in [-0.15, -0.1) is 0 Å². The Balaban J connectivity index is 2.66. The van der Waals surface area contributed by atoms with Crippen molar-refractivity contribution in [1.29, 1.82) is 0 Å². The number of rotatable bonds is 3. The molecule has 0 aliphatic rings. The number of aliphatic hydroxyl groups is 1. The molecular weight excluding hydrogens is 160 g/mol. The van der Waals surface area contributed by atoms with Gasteiger partial charge in [0.1, 0.15) is 0 Å². The average Bonchev–Trinajstić information content (AvgIpc) is 2.04. The fourth-order valence-electron chi connectivity index (χ4n) is 1.36. The Morgan fingerprint density at radius 3 is 2.54 bits per heavy atom. The number of hydrogen-bond acceptors (Lipinski definition) is 1. The van der Waals surface area contributed by atoms with Gasteiger partial charge in [-0.05, 0) is 25.8 Å². The summed E-state index contributed by atoms with van der Waals surface area (Å²) < 4.78 is 0. The molecular formula is C12H16O. The van der Waals surface area contributed by atoms with Crippen molar-refractivity contribution >= 4 is 6.08 Å². The quantitative estimate of drug-likeness (QED) is 0.750. The molecule has 0 heterocycles. The zero-order valence-electron chi connectivity index (χ0n) is 8.20. The lowest BCUT2D eigenvalue weighted by molar-refractivity contribution is 0.195.